The maximum Gasteiger partial charge on any atom is 0.168 e. The summed E-state index contributed by atoms with van der Waals surface area (Å²) in [6.45, 7) is 7.45. The molecule has 1 heterocycles. The van der Waals surface area contributed by atoms with Crippen molar-refractivity contribution in [2.45, 2.75) is 33.7 Å². The average Bonchev–Trinajstić information content (AvgIpc) is 2.70. The number of hydrogen-bond donors (Lipinski definition) is 1. The van der Waals surface area contributed by atoms with Crippen molar-refractivity contribution in [1.29, 1.82) is 0 Å². The number of hydrogen-bond acceptors (Lipinski definition) is 4. The topological polar surface area (TPSA) is 66.0 Å². The Balaban J connectivity index is 1.84. The first kappa shape index (κ1) is 13.4. The van der Waals surface area contributed by atoms with Crippen molar-refractivity contribution in [2.24, 2.45) is 0 Å². The molecule has 0 spiro atoms. The van der Waals surface area contributed by atoms with E-state index in [-0.39, 0.29) is 0 Å². The molecule has 0 fully saturated rings. The fourth-order valence-electron chi connectivity index (χ4n) is 1.85. The molecule has 5 nitrogen and oxygen atoms in total. The molecule has 0 aliphatic heterocycles. The molecule has 2 aromatic rings. The lowest BCUT2D eigenvalue weighted by Crippen LogP contribution is -2.08. The van der Waals surface area contributed by atoms with E-state index in [9.17, 15) is 0 Å². The second kappa shape index (κ2) is 5.73. The summed E-state index contributed by atoms with van der Waals surface area (Å²) in [5.74, 6) is 1.45. The number of nitrogens with two attached hydrogens (primary N) is 1. The Hall–Kier alpha value is -2.04. The maximum atomic E-state index is 5.79. The molecule has 102 valence electrons. The van der Waals surface area contributed by atoms with Crippen molar-refractivity contribution >= 4 is 5.82 Å². The van der Waals surface area contributed by atoms with Crippen LogP contribution in [-0.4, -0.2) is 21.6 Å². The summed E-state index contributed by atoms with van der Waals surface area (Å²) in [6, 6.07) is 6.23. The van der Waals surface area contributed by atoms with Crippen molar-refractivity contribution in [2.75, 3.05) is 12.3 Å². The van der Waals surface area contributed by atoms with E-state index in [4.69, 9.17) is 10.5 Å². The van der Waals surface area contributed by atoms with Gasteiger partial charge in [0.2, 0.25) is 0 Å². The van der Waals surface area contributed by atoms with Crippen LogP contribution < -0.4 is 10.5 Å². The quantitative estimate of drug-likeness (QED) is 0.837. The van der Waals surface area contributed by atoms with Crippen LogP contribution in [0, 0.1) is 20.8 Å². The zero-order valence-corrected chi connectivity index (χ0v) is 11.7. The van der Waals surface area contributed by atoms with Crippen molar-refractivity contribution in [3.63, 3.8) is 0 Å². The second-order valence-corrected chi connectivity index (χ2v) is 4.75. The van der Waals surface area contributed by atoms with Crippen molar-refractivity contribution < 1.29 is 4.74 Å². The van der Waals surface area contributed by atoms with Gasteiger partial charge in [-0.15, -0.1) is 5.10 Å². The Morgan fingerprint density at radius 2 is 2.05 bits per heavy atom. The van der Waals surface area contributed by atoms with E-state index >= 15 is 0 Å². The number of ether oxygens (including phenoxy) is 1. The van der Waals surface area contributed by atoms with Gasteiger partial charge in [-0.3, -0.25) is 0 Å². The first-order valence-corrected chi connectivity index (χ1v) is 6.43. The summed E-state index contributed by atoms with van der Waals surface area (Å²) in [6.07, 6.45) is 0.872. The number of benzene rings is 1. The van der Waals surface area contributed by atoms with Gasteiger partial charge in [-0.1, -0.05) is 17.3 Å². The van der Waals surface area contributed by atoms with Gasteiger partial charge >= 0.3 is 0 Å². The summed E-state index contributed by atoms with van der Waals surface area (Å²) in [4.78, 5) is 0. The fourth-order valence-corrected chi connectivity index (χ4v) is 1.85. The van der Waals surface area contributed by atoms with Crippen LogP contribution in [0.5, 0.6) is 5.75 Å². The van der Waals surface area contributed by atoms with Crippen LogP contribution in [0.25, 0.3) is 0 Å². The van der Waals surface area contributed by atoms with Crippen LogP contribution in [-0.2, 0) is 6.54 Å². The number of nitrogens with zero attached hydrogens (tertiary/aromatic N) is 3. The van der Waals surface area contributed by atoms with E-state index in [1.54, 1.807) is 0 Å². The number of aryl methyl sites for hydroxylation is 3. The van der Waals surface area contributed by atoms with Gasteiger partial charge in [0.05, 0.1) is 12.3 Å². The minimum Gasteiger partial charge on any atom is -0.493 e. The van der Waals surface area contributed by atoms with Gasteiger partial charge in [0.1, 0.15) is 5.75 Å². The molecule has 0 aliphatic rings. The van der Waals surface area contributed by atoms with Crippen LogP contribution in [0.4, 0.5) is 5.82 Å². The van der Waals surface area contributed by atoms with Crippen molar-refractivity contribution in [3.8, 4) is 5.75 Å². The number of aromatic nitrogens is 3. The number of rotatable bonds is 5. The van der Waals surface area contributed by atoms with Gasteiger partial charge in [0.25, 0.3) is 0 Å². The minimum absolute atomic E-state index is 0.496. The molecule has 0 aliphatic carbocycles. The van der Waals surface area contributed by atoms with Gasteiger partial charge in [0, 0.05) is 13.0 Å². The fraction of sp³-hybridized carbons (Fsp3) is 0.429. The van der Waals surface area contributed by atoms with Crippen LogP contribution >= 0.6 is 0 Å². The van der Waals surface area contributed by atoms with Gasteiger partial charge in [0.15, 0.2) is 5.82 Å². The Labute approximate surface area is 113 Å². The molecule has 0 radical (unpaired) electrons. The molecule has 19 heavy (non-hydrogen) atoms. The molecule has 0 amide bonds. The lowest BCUT2D eigenvalue weighted by Gasteiger charge is -2.10. The van der Waals surface area contributed by atoms with Crippen LogP contribution in [0.2, 0.25) is 0 Å². The second-order valence-electron chi connectivity index (χ2n) is 4.75. The molecule has 0 saturated heterocycles. The predicted molar refractivity (Wildman–Crippen MR) is 75.2 cm³/mol. The SMILES string of the molecule is Cc1ccc(C)c(OCCCn2nnc(N)c2C)c1. The summed E-state index contributed by atoms with van der Waals surface area (Å²) in [7, 11) is 0. The Bertz CT molecular complexity index is 563. The van der Waals surface area contributed by atoms with Crippen molar-refractivity contribution in [1.82, 2.24) is 15.0 Å². The van der Waals surface area contributed by atoms with Crippen LogP contribution in [0.15, 0.2) is 18.2 Å². The molecular weight excluding hydrogens is 240 g/mol. The van der Waals surface area contributed by atoms with Crippen molar-refractivity contribution in [3.05, 3.63) is 35.0 Å². The summed E-state index contributed by atoms with van der Waals surface area (Å²) >= 11 is 0. The highest BCUT2D eigenvalue weighted by Crippen LogP contribution is 2.19. The van der Waals surface area contributed by atoms with E-state index in [0.29, 0.717) is 12.4 Å². The van der Waals surface area contributed by atoms with Crippen LogP contribution in [0.3, 0.4) is 0 Å². The first-order valence-electron chi connectivity index (χ1n) is 6.43. The van der Waals surface area contributed by atoms with E-state index in [0.717, 1.165) is 30.0 Å². The maximum absolute atomic E-state index is 5.79. The lowest BCUT2D eigenvalue weighted by atomic mass is 10.1. The first-order chi connectivity index (χ1) is 9.08. The minimum atomic E-state index is 0.496. The van der Waals surface area contributed by atoms with Crippen LogP contribution in [0.1, 0.15) is 23.2 Å². The van der Waals surface area contributed by atoms with E-state index in [1.807, 2.05) is 11.6 Å². The van der Waals surface area contributed by atoms with Gasteiger partial charge in [-0.25, -0.2) is 4.68 Å². The Kier molecular flexibility index (Phi) is 4.04. The van der Waals surface area contributed by atoms with Gasteiger partial charge in [-0.2, -0.15) is 0 Å². The third kappa shape index (κ3) is 3.24. The highest BCUT2D eigenvalue weighted by Gasteiger charge is 2.04. The Morgan fingerprint density at radius 1 is 1.26 bits per heavy atom. The molecule has 1 aromatic heterocycles. The van der Waals surface area contributed by atoms with Gasteiger partial charge in [-0.05, 0) is 38.0 Å². The molecule has 0 unspecified atom stereocenters. The molecule has 2 N–H and O–H groups in total. The van der Waals surface area contributed by atoms with E-state index in [2.05, 4.69) is 42.4 Å². The third-order valence-electron chi connectivity index (χ3n) is 3.13. The zero-order chi connectivity index (χ0) is 13.8. The van der Waals surface area contributed by atoms with E-state index < -0.39 is 0 Å². The summed E-state index contributed by atoms with van der Waals surface area (Å²) < 4.78 is 7.60. The normalized spacial score (nSPS) is 10.7. The highest BCUT2D eigenvalue weighted by molar-refractivity contribution is 5.36. The average molecular weight is 260 g/mol. The molecule has 0 saturated carbocycles. The van der Waals surface area contributed by atoms with Gasteiger partial charge < -0.3 is 10.5 Å². The predicted octanol–water partition coefficient (Wildman–Crippen LogP) is 2.25. The monoisotopic (exact) mass is 260 g/mol. The molecule has 5 heteroatoms. The Morgan fingerprint density at radius 3 is 2.74 bits per heavy atom. The molecular formula is C14H20N4O. The molecule has 0 bridgehead atoms. The number of anilines is 1. The molecule has 2 rings (SSSR count). The molecule has 0 atom stereocenters. The lowest BCUT2D eigenvalue weighted by molar-refractivity contribution is 0.295. The molecule has 1 aromatic carbocycles. The largest absolute Gasteiger partial charge is 0.493 e. The third-order valence-corrected chi connectivity index (χ3v) is 3.13. The smallest absolute Gasteiger partial charge is 0.168 e. The standard InChI is InChI=1S/C14H20N4O/c1-10-5-6-11(2)13(9-10)19-8-4-7-18-12(3)14(15)16-17-18/h5-6,9H,4,7-8,15H2,1-3H3. The zero-order valence-electron chi connectivity index (χ0n) is 11.7. The summed E-state index contributed by atoms with van der Waals surface area (Å²) in [5, 5.41) is 7.81. The van der Waals surface area contributed by atoms with E-state index in [1.165, 1.54) is 5.56 Å². The number of nitrogen functional groups attached to an aromatic ring is 1. The highest BCUT2D eigenvalue weighted by atomic mass is 16.5. The summed E-state index contributed by atoms with van der Waals surface area (Å²) in [5.41, 5.74) is 8.92.